The molecular formula is C25H21F4N3O4. The summed E-state index contributed by atoms with van der Waals surface area (Å²) in [4.78, 5) is 25.7. The number of aromatic hydroxyl groups is 1. The highest BCUT2D eigenvalue weighted by molar-refractivity contribution is 5.96. The number of amides is 1. The van der Waals surface area contributed by atoms with E-state index in [2.05, 4.69) is 5.32 Å². The van der Waals surface area contributed by atoms with Gasteiger partial charge in [-0.15, -0.1) is 0 Å². The van der Waals surface area contributed by atoms with Crippen LogP contribution in [0.4, 0.5) is 23.2 Å². The van der Waals surface area contributed by atoms with Crippen LogP contribution in [-0.4, -0.2) is 27.3 Å². The lowest BCUT2D eigenvalue weighted by molar-refractivity contribution is -0.137. The third-order valence-electron chi connectivity index (χ3n) is 5.81. The zero-order chi connectivity index (χ0) is 26.4. The highest BCUT2D eigenvalue weighted by Crippen LogP contribution is 2.41. The Morgan fingerprint density at radius 2 is 1.75 bits per heavy atom. The normalized spacial score (nSPS) is 11.6. The molecule has 0 aliphatic heterocycles. The highest BCUT2D eigenvalue weighted by Gasteiger charge is 2.33. The smallest absolute Gasteiger partial charge is 0.416 e. The van der Waals surface area contributed by atoms with E-state index in [9.17, 15) is 32.3 Å². The molecule has 1 heterocycles. The van der Waals surface area contributed by atoms with Gasteiger partial charge in [0.05, 0.1) is 23.7 Å². The van der Waals surface area contributed by atoms with Crippen molar-refractivity contribution in [3.8, 4) is 22.6 Å². The van der Waals surface area contributed by atoms with Crippen molar-refractivity contribution >= 4 is 22.6 Å². The van der Waals surface area contributed by atoms with E-state index in [1.54, 1.807) is 6.92 Å². The molecule has 2 N–H and O–H groups in total. The zero-order valence-electron chi connectivity index (χ0n) is 19.4. The van der Waals surface area contributed by atoms with Crippen LogP contribution in [0.5, 0.6) is 11.5 Å². The van der Waals surface area contributed by atoms with E-state index in [1.165, 1.54) is 38.4 Å². The Bertz CT molecular complexity index is 1540. The molecule has 0 radical (unpaired) electrons. The number of rotatable bonds is 5. The Morgan fingerprint density at radius 3 is 2.36 bits per heavy atom. The Labute approximate surface area is 202 Å². The fraction of sp³-hybridized carbons (Fsp3) is 0.200. The summed E-state index contributed by atoms with van der Waals surface area (Å²) in [6, 6.07) is 9.39. The quantitative estimate of drug-likeness (QED) is 0.382. The van der Waals surface area contributed by atoms with Gasteiger partial charge in [0.1, 0.15) is 12.4 Å². The van der Waals surface area contributed by atoms with Gasteiger partial charge in [-0.3, -0.25) is 13.9 Å². The van der Waals surface area contributed by atoms with Crippen LogP contribution in [0.15, 0.2) is 53.3 Å². The zero-order valence-corrected chi connectivity index (χ0v) is 19.4. The second-order valence-corrected chi connectivity index (χ2v) is 8.21. The van der Waals surface area contributed by atoms with Gasteiger partial charge in [0.25, 0.3) is 0 Å². The number of aryl methyl sites for hydroxylation is 2. The Balaban J connectivity index is 1.91. The van der Waals surface area contributed by atoms with Gasteiger partial charge in [0, 0.05) is 18.3 Å². The molecule has 0 bridgehead atoms. The first-order chi connectivity index (χ1) is 16.9. The average Bonchev–Trinajstić information content (AvgIpc) is 3.04. The van der Waals surface area contributed by atoms with Crippen LogP contribution in [0.25, 0.3) is 22.2 Å². The number of imidazole rings is 1. The van der Waals surface area contributed by atoms with Crippen LogP contribution in [0.3, 0.4) is 0 Å². The number of carbonyl (C=O) groups is 1. The molecule has 36 heavy (non-hydrogen) atoms. The number of nitrogens with one attached hydrogen (secondary N) is 1. The highest BCUT2D eigenvalue weighted by atomic mass is 19.4. The molecule has 0 atom stereocenters. The van der Waals surface area contributed by atoms with Crippen molar-refractivity contribution in [2.45, 2.75) is 19.6 Å². The van der Waals surface area contributed by atoms with Crippen molar-refractivity contribution in [3.05, 3.63) is 76.0 Å². The number of ether oxygens (including phenoxy) is 1. The fourth-order valence-electron chi connectivity index (χ4n) is 4.08. The van der Waals surface area contributed by atoms with E-state index < -0.39 is 35.7 Å². The third-order valence-corrected chi connectivity index (χ3v) is 5.81. The summed E-state index contributed by atoms with van der Waals surface area (Å²) in [7, 11) is 2.70. The lowest BCUT2D eigenvalue weighted by Gasteiger charge is -2.15. The number of hydrogen-bond donors (Lipinski definition) is 2. The summed E-state index contributed by atoms with van der Waals surface area (Å²) in [5, 5.41) is 12.6. The van der Waals surface area contributed by atoms with Crippen LogP contribution >= 0.6 is 0 Å². The van der Waals surface area contributed by atoms with Gasteiger partial charge in [-0.05, 0) is 66.6 Å². The minimum Gasteiger partial charge on any atom is -0.504 e. The van der Waals surface area contributed by atoms with E-state index >= 15 is 0 Å². The largest absolute Gasteiger partial charge is 0.504 e. The number of phenols is 1. The monoisotopic (exact) mass is 503 g/mol. The van der Waals surface area contributed by atoms with Gasteiger partial charge in [-0.1, -0.05) is 0 Å². The molecule has 11 heteroatoms. The molecule has 1 aromatic heterocycles. The third kappa shape index (κ3) is 4.51. The number of benzene rings is 3. The molecule has 0 fully saturated rings. The van der Waals surface area contributed by atoms with Gasteiger partial charge in [0.15, 0.2) is 11.5 Å². The maximum atomic E-state index is 13.9. The minimum atomic E-state index is -4.75. The second-order valence-electron chi connectivity index (χ2n) is 8.21. The number of hydrogen-bond acceptors (Lipinski definition) is 4. The van der Waals surface area contributed by atoms with Crippen LogP contribution < -0.4 is 15.7 Å². The summed E-state index contributed by atoms with van der Waals surface area (Å²) >= 11 is 0. The van der Waals surface area contributed by atoms with E-state index in [4.69, 9.17) is 4.74 Å². The van der Waals surface area contributed by atoms with Crippen molar-refractivity contribution in [3.63, 3.8) is 0 Å². The maximum absolute atomic E-state index is 13.9. The van der Waals surface area contributed by atoms with Crippen molar-refractivity contribution in [2.75, 3.05) is 12.4 Å². The number of anilines is 1. The maximum Gasteiger partial charge on any atom is 0.416 e. The molecule has 0 saturated carbocycles. The Kier molecular flexibility index (Phi) is 6.25. The van der Waals surface area contributed by atoms with Crippen molar-refractivity contribution in [2.24, 2.45) is 7.05 Å². The molecule has 4 rings (SSSR count). The molecule has 1 amide bonds. The van der Waals surface area contributed by atoms with Gasteiger partial charge in [-0.2, -0.15) is 13.2 Å². The number of alkyl halides is 3. The first-order valence-corrected chi connectivity index (χ1v) is 10.6. The molecule has 188 valence electrons. The topological polar surface area (TPSA) is 85.5 Å². The minimum absolute atomic E-state index is 0.0456. The van der Waals surface area contributed by atoms with Crippen molar-refractivity contribution in [1.82, 2.24) is 9.13 Å². The van der Waals surface area contributed by atoms with Gasteiger partial charge in [-0.25, -0.2) is 9.18 Å². The molecule has 0 aliphatic carbocycles. The summed E-state index contributed by atoms with van der Waals surface area (Å²) < 4.78 is 62.0. The number of nitrogens with zero attached hydrogens (tertiary/aromatic N) is 2. The number of phenolic OH excluding ortho intramolecular Hbond substituents is 1. The first kappa shape index (κ1) is 24.8. The van der Waals surface area contributed by atoms with E-state index in [-0.39, 0.29) is 33.8 Å². The standard InChI is InChI=1S/C25H21F4N3O4/c1-13-8-20(33)21(36-3)11-17(13)18-9-14(25(27,28)29)10-19-23(18)31(2)24(35)32(19)12-22(34)30-16-6-4-15(26)5-7-16/h4-11,33H,12H2,1-3H3,(H,30,34). The van der Waals surface area contributed by atoms with Crippen LogP contribution in [0.2, 0.25) is 0 Å². The van der Waals surface area contributed by atoms with Crippen molar-refractivity contribution in [1.29, 1.82) is 0 Å². The average molecular weight is 503 g/mol. The predicted octanol–water partition coefficient (Wildman–Crippen LogP) is 4.83. The van der Waals surface area contributed by atoms with Crippen LogP contribution in [0, 0.1) is 12.7 Å². The molecule has 0 unspecified atom stereocenters. The Hall–Kier alpha value is -4.28. The van der Waals surface area contributed by atoms with Crippen LogP contribution in [-0.2, 0) is 24.6 Å². The van der Waals surface area contributed by atoms with Gasteiger partial charge < -0.3 is 15.2 Å². The number of halogens is 4. The first-order valence-electron chi connectivity index (χ1n) is 10.6. The lowest BCUT2D eigenvalue weighted by Crippen LogP contribution is -2.28. The molecule has 4 aromatic rings. The summed E-state index contributed by atoms with van der Waals surface area (Å²) in [6.45, 7) is 1.03. The molecule has 0 saturated heterocycles. The van der Waals surface area contributed by atoms with E-state index in [0.29, 0.717) is 11.1 Å². The second kappa shape index (κ2) is 9.06. The summed E-state index contributed by atoms with van der Waals surface area (Å²) in [5.41, 5.74) is -0.567. The molecule has 0 aliphatic rings. The summed E-state index contributed by atoms with van der Waals surface area (Å²) in [5.74, 6) is -1.33. The molecular weight excluding hydrogens is 482 g/mol. The van der Waals surface area contributed by atoms with Gasteiger partial charge in [0.2, 0.25) is 5.91 Å². The fourth-order valence-corrected chi connectivity index (χ4v) is 4.08. The van der Waals surface area contributed by atoms with Gasteiger partial charge >= 0.3 is 11.9 Å². The summed E-state index contributed by atoms with van der Waals surface area (Å²) in [6.07, 6.45) is -4.75. The Morgan fingerprint density at radius 1 is 1.08 bits per heavy atom. The van der Waals surface area contributed by atoms with Crippen LogP contribution in [0.1, 0.15) is 11.1 Å². The molecule has 3 aromatic carbocycles. The molecule has 7 nitrogen and oxygen atoms in total. The lowest BCUT2D eigenvalue weighted by atomic mass is 9.96. The number of fused-ring (bicyclic) bond motifs is 1. The van der Waals surface area contributed by atoms with E-state index in [1.807, 2.05) is 0 Å². The number of methoxy groups -OCH3 is 1. The van der Waals surface area contributed by atoms with Crippen molar-refractivity contribution < 1.29 is 32.2 Å². The number of carbonyl (C=O) groups excluding carboxylic acids is 1. The number of aromatic nitrogens is 2. The molecule has 0 spiro atoms. The van der Waals surface area contributed by atoms with E-state index in [0.717, 1.165) is 33.4 Å². The SMILES string of the molecule is COc1cc(-c2cc(C(F)(F)F)cc3c2n(C)c(=O)n3CC(=O)Nc2ccc(F)cc2)c(C)cc1O. The predicted molar refractivity (Wildman–Crippen MR) is 126 cm³/mol.